The Morgan fingerprint density at radius 3 is 2.55 bits per heavy atom. The zero-order chi connectivity index (χ0) is 38.7. The average Bonchev–Trinajstić information content (AvgIpc) is 3.63. The monoisotopic (exact) mass is 749 g/mol. The van der Waals surface area contributed by atoms with E-state index in [0.717, 1.165) is 42.5 Å². The fourth-order valence-electron chi connectivity index (χ4n) is 8.60. The van der Waals surface area contributed by atoms with Gasteiger partial charge in [0.25, 0.3) is 0 Å². The van der Waals surface area contributed by atoms with E-state index in [1.165, 1.54) is 5.56 Å². The normalized spacial score (nSPS) is 26.3. The van der Waals surface area contributed by atoms with Crippen LogP contribution in [0.1, 0.15) is 74.6 Å². The lowest BCUT2D eigenvalue weighted by Crippen LogP contribution is -2.37. The van der Waals surface area contributed by atoms with Crippen molar-refractivity contribution < 1.29 is 30.3 Å². The molecule has 0 amide bonds. The zero-order valence-corrected chi connectivity index (χ0v) is 31.9. The molecule has 0 saturated heterocycles. The number of aliphatic hydroxyl groups excluding tert-OH is 4. The highest BCUT2D eigenvalue weighted by molar-refractivity contribution is 5.44. The van der Waals surface area contributed by atoms with Crippen LogP contribution >= 0.6 is 0 Å². The Hall–Kier alpha value is -4.46. The lowest BCUT2D eigenvalue weighted by molar-refractivity contribution is -0.00715. The van der Waals surface area contributed by atoms with E-state index in [1.54, 1.807) is 12.1 Å². The number of nitrogens with two attached hydrogens (primary N) is 1. The van der Waals surface area contributed by atoms with Gasteiger partial charge in [-0.15, -0.1) is 0 Å². The van der Waals surface area contributed by atoms with E-state index in [9.17, 15) is 25.5 Å². The first-order chi connectivity index (χ1) is 26.7. The number of aromatic nitrogens is 1. The number of phenols is 1. The van der Waals surface area contributed by atoms with Crippen LogP contribution in [0.2, 0.25) is 0 Å². The maximum absolute atomic E-state index is 11.8. The van der Waals surface area contributed by atoms with Crippen LogP contribution in [0, 0.1) is 41.4 Å². The predicted molar refractivity (Wildman–Crippen MR) is 216 cm³/mol. The van der Waals surface area contributed by atoms with Gasteiger partial charge in [0.1, 0.15) is 6.10 Å². The first-order valence-electron chi connectivity index (χ1n) is 20.1. The predicted octanol–water partition coefficient (Wildman–Crippen LogP) is 5.86. The lowest BCUT2D eigenvalue weighted by Gasteiger charge is -2.31. The molecule has 2 aliphatic carbocycles. The van der Waals surface area contributed by atoms with Gasteiger partial charge in [0.05, 0.1) is 24.1 Å². The second-order valence-electron chi connectivity index (χ2n) is 15.8. The summed E-state index contributed by atoms with van der Waals surface area (Å²) in [5.74, 6) is 7.39. The van der Waals surface area contributed by atoms with Crippen LogP contribution in [-0.4, -0.2) is 68.1 Å². The van der Waals surface area contributed by atoms with Crippen molar-refractivity contribution in [2.75, 3.05) is 13.2 Å². The summed E-state index contributed by atoms with van der Waals surface area (Å²) in [4.78, 5) is 3.28. The minimum atomic E-state index is -1.01. The first kappa shape index (κ1) is 40.2. The molecule has 0 unspecified atom stereocenters. The number of aliphatic hydroxyl groups is 4. The summed E-state index contributed by atoms with van der Waals surface area (Å²) in [6, 6.07) is 19.7. The van der Waals surface area contributed by atoms with Crippen LogP contribution in [0.5, 0.6) is 11.5 Å². The molecule has 0 fully saturated rings. The molecule has 9 heteroatoms. The van der Waals surface area contributed by atoms with Crippen molar-refractivity contribution in [1.29, 1.82) is 0 Å². The first-order valence-corrected chi connectivity index (χ1v) is 20.1. The van der Waals surface area contributed by atoms with Gasteiger partial charge in [-0.1, -0.05) is 86.2 Å². The van der Waals surface area contributed by atoms with Crippen molar-refractivity contribution in [3.63, 3.8) is 0 Å². The molecular weight excluding hydrogens is 691 g/mol. The van der Waals surface area contributed by atoms with Crippen molar-refractivity contribution in [1.82, 2.24) is 10.3 Å². The number of phenolic OH excluding ortho intramolecular Hbond substituents is 1. The summed E-state index contributed by atoms with van der Waals surface area (Å²) < 4.78 is 6.50. The molecule has 0 spiro atoms. The van der Waals surface area contributed by atoms with E-state index in [4.69, 9.17) is 10.5 Å². The number of ether oxygens (including phenoxy) is 1. The summed E-state index contributed by atoms with van der Waals surface area (Å²) in [6.07, 6.45) is 12.7. The minimum Gasteiger partial charge on any atom is -0.504 e. The van der Waals surface area contributed by atoms with Gasteiger partial charge in [0.2, 0.25) is 0 Å². The van der Waals surface area contributed by atoms with Crippen LogP contribution in [0.4, 0.5) is 0 Å². The van der Waals surface area contributed by atoms with Gasteiger partial charge in [-0.05, 0) is 97.4 Å². The number of rotatable bonds is 14. The largest absolute Gasteiger partial charge is 0.504 e. The van der Waals surface area contributed by atoms with Crippen molar-refractivity contribution in [3.8, 4) is 23.3 Å². The van der Waals surface area contributed by atoms with Crippen molar-refractivity contribution >= 4 is 0 Å². The number of hydrogen-bond acceptors (Lipinski definition) is 8. The van der Waals surface area contributed by atoms with Crippen LogP contribution in [0.3, 0.4) is 0 Å². The summed E-state index contributed by atoms with van der Waals surface area (Å²) >= 11 is 0. The van der Waals surface area contributed by atoms with Gasteiger partial charge in [-0.3, -0.25) is 0 Å². The molecule has 9 N–H and O–H groups in total. The van der Waals surface area contributed by atoms with E-state index in [1.807, 2.05) is 36.5 Å². The Balaban J connectivity index is 1.24. The summed E-state index contributed by atoms with van der Waals surface area (Å²) in [5, 5.41) is 58.5. The van der Waals surface area contributed by atoms with E-state index in [2.05, 4.69) is 71.6 Å². The molecule has 1 aliphatic heterocycles. The SMILES string of the molecule is C[C@H](Cc1ccccc1)[C@H]1C#C[C@@H]2C=C[C@H](c3ccc(O)c(O[C@H](C[C@H](Cc4ccc[nH]4)C4=CCNC(N)=C4)[C@H](O)CCO)c3)C[C@@H](O)[C@H]2[C@@H](O)CCCC1. The molecule has 2 heterocycles. The molecule has 0 bridgehead atoms. The van der Waals surface area contributed by atoms with Crippen LogP contribution in [-0.2, 0) is 12.8 Å². The standard InChI is InChI=1S/C46H59N3O6/c1-30(24-31-8-3-2-4-9-31)32-10-5-6-12-41(53)46-33(14-13-32)15-16-34(26-42(46)54)35-17-18-39(51)43(27-35)55-44(40(52)20-23-50)28-37(25-38-11-7-21-48-38)36-19-22-49-45(47)29-36/h2-4,7-9,11,15-19,21,27,29-30,32-34,37,40-42,44,46,48-54H,5-6,10,12,20,22-26,28,47H2,1H3/t30-,32-,33-,34+,37+,40-,41+,42-,44-,46-/m1/s1. The number of H-pyrrole nitrogens is 1. The number of nitrogens with one attached hydrogen (secondary N) is 2. The van der Waals surface area contributed by atoms with E-state index in [0.29, 0.717) is 44.0 Å². The highest BCUT2D eigenvalue weighted by Crippen LogP contribution is 2.40. The maximum atomic E-state index is 11.8. The number of aromatic hydroxyl groups is 1. The third kappa shape index (κ3) is 10.9. The number of fused-ring (bicyclic) bond motifs is 1. The Morgan fingerprint density at radius 2 is 1.78 bits per heavy atom. The molecule has 10 atom stereocenters. The molecule has 294 valence electrons. The third-order valence-corrected chi connectivity index (χ3v) is 11.8. The van der Waals surface area contributed by atoms with Gasteiger partial charge in [0, 0.05) is 55.1 Å². The molecule has 9 nitrogen and oxygen atoms in total. The number of dihydropyridines is 1. The van der Waals surface area contributed by atoms with E-state index < -0.39 is 30.3 Å². The van der Waals surface area contributed by atoms with Crippen LogP contribution in [0.15, 0.2) is 103 Å². The van der Waals surface area contributed by atoms with Gasteiger partial charge < -0.3 is 46.3 Å². The molecule has 6 rings (SSSR count). The molecular formula is C46H59N3O6. The van der Waals surface area contributed by atoms with Crippen LogP contribution in [0.25, 0.3) is 0 Å². The van der Waals surface area contributed by atoms with Gasteiger partial charge in [-0.25, -0.2) is 0 Å². The second-order valence-corrected chi connectivity index (χ2v) is 15.8. The molecule has 55 heavy (non-hydrogen) atoms. The smallest absolute Gasteiger partial charge is 0.161 e. The highest BCUT2D eigenvalue weighted by atomic mass is 16.5. The summed E-state index contributed by atoms with van der Waals surface area (Å²) in [7, 11) is 0. The average molecular weight is 750 g/mol. The van der Waals surface area contributed by atoms with Crippen LogP contribution < -0.4 is 15.8 Å². The van der Waals surface area contributed by atoms with Crippen molar-refractivity contribution in [2.45, 2.75) is 95.0 Å². The van der Waals surface area contributed by atoms with Gasteiger partial charge in [-0.2, -0.15) is 0 Å². The summed E-state index contributed by atoms with van der Waals surface area (Å²) in [5.41, 5.74) is 10.3. The van der Waals surface area contributed by atoms with Crippen molar-refractivity contribution in [3.05, 3.63) is 119 Å². The highest BCUT2D eigenvalue weighted by Gasteiger charge is 2.37. The number of aromatic amines is 1. The molecule has 3 aromatic rings. The second kappa shape index (κ2) is 19.4. The quantitative estimate of drug-likeness (QED) is 0.0751. The third-order valence-electron chi connectivity index (χ3n) is 11.8. The van der Waals surface area contributed by atoms with E-state index in [-0.39, 0.29) is 48.2 Å². The number of hydrogen-bond donors (Lipinski definition) is 8. The lowest BCUT2D eigenvalue weighted by atomic mass is 9.78. The number of allylic oxidation sites excluding steroid dienone is 4. The Bertz CT molecular complexity index is 1810. The Kier molecular flexibility index (Phi) is 14.2. The Labute approximate surface area is 326 Å². The molecule has 0 saturated carbocycles. The molecule has 0 radical (unpaired) electrons. The fourth-order valence-corrected chi connectivity index (χ4v) is 8.60. The molecule has 1 aromatic heterocycles. The topological polar surface area (TPSA) is 164 Å². The fraction of sp³-hybridized carbons (Fsp3) is 0.478. The van der Waals surface area contributed by atoms with Crippen molar-refractivity contribution in [2.24, 2.45) is 35.3 Å². The zero-order valence-electron chi connectivity index (χ0n) is 31.9. The minimum absolute atomic E-state index is 0.0691. The Morgan fingerprint density at radius 1 is 0.964 bits per heavy atom. The molecule has 2 aromatic carbocycles. The maximum Gasteiger partial charge on any atom is 0.161 e. The van der Waals surface area contributed by atoms with E-state index >= 15 is 0 Å². The number of benzene rings is 2. The van der Waals surface area contributed by atoms with Gasteiger partial charge in [0.15, 0.2) is 11.5 Å². The van der Waals surface area contributed by atoms with Gasteiger partial charge >= 0.3 is 0 Å². The summed E-state index contributed by atoms with van der Waals surface area (Å²) in [6.45, 7) is 2.64. The molecule has 3 aliphatic rings.